The Morgan fingerprint density at radius 1 is 1.00 bits per heavy atom. The summed E-state index contributed by atoms with van der Waals surface area (Å²) in [5, 5.41) is 10.1. The smallest absolute Gasteiger partial charge is 0.150 e. The Labute approximate surface area is 210 Å². The number of benzene rings is 3. The van der Waals surface area contributed by atoms with Gasteiger partial charge in [-0.2, -0.15) is 0 Å². The lowest BCUT2D eigenvalue weighted by Gasteiger charge is -2.37. The Hall–Kier alpha value is -3.51. The summed E-state index contributed by atoms with van der Waals surface area (Å²) in [5.41, 5.74) is 6.48. The van der Waals surface area contributed by atoms with Gasteiger partial charge in [0, 0.05) is 54.7 Å². The maximum Gasteiger partial charge on any atom is 0.150 e. The molecular formula is C30H30FNO4. The molecule has 1 fully saturated rings. The Bertz CT molecular complexity index is 1300. The standard InChI is InChI=1S/C30H30FNO4/c1-19-2-8-26-27(14-19)35-12-10-25-24-9-5-22(33)15-28(24)36-30(29(25)26)21-3-6-23(7-4-21)34-13-11-32-17-20(16-31)18-32/h2-9,14-15,20,30,33H,10-13,16-18H2,1H3. The van der Waals surface area contributed by atoms with Crippen LogP contribution in [0.1, 0.15) is 34.8 Å². The number of aryl methyl sites for hydroxylation is 1. The third kappa shape index (κ3) is 4.30. The van der Waals surface area contributed by atoms with Crippen LogP contribution < -0.4 is 14.2 Å². The summed E-state index contributed by atoms with van der Waals surface area (Å²) in [4.78, 5) is 2.21. The van der Waals surface area contributed by atoms with Crippen molar-refractivity contribution in [3.63, 3.8) is 0 Å². The van der Waals surface area contributed by atoms with Crippen molar-refractivity contribution in [1.82, 2.24) is 4.90 Å². The molecule has 1 N–H and O–H groups in total. The number of alkyl halides is 1. The Morgan fingerprint density at radius 2 is 1.81 bits per heavy atom. The van der Waals surface area contributed by atoms with Crippen molar-refractivity contribution < 1.29 is 23.7 Å². The van der Waals surface area contributed by atoms with E-state index in [2.05, 4.69) is 30.0 Å². The predicted octanol–water partition coefficient (Wildman–Crippen LogP) is 5.81. The van der Waals surface area contributed by atoms with Gasteiger partial charge in [-0.1, -0.05) is 24.3 Å². The highest BCUT2D eigenvalue weighted by Gasteiger charge is 2.34. The van der Waals surface area contributed by atoms with Crippen LogP contribution in [0.3, 0.4) is 0 Å². The lowest BCUT2D eigenvalue weighted by Crippen LogP contribution is -2.49. The van der Waals surface area contributed by atoms with Gasteiger partial charge >= 0.3 is 0 Å². The molecule has 3 aliphatic rings. The van der Waals surface area contributed by atoms with Gasteiger partial charge in [-0.15, -0.1) is 0 Å². The molecule has 6 rings (SSSR count). The summed E-state index contributed by atoms with van der Waals surface area (Å²) in [5.74, 6) is 2.72. The number of phenolic OH excluding ortho intramolecular Hbond substituents is 1. The van der Waals surface area contributed by atoms with Crippen LogP contribution in [0, 0.1) is 12.8 Å². The summed E-state index contributed by atoms with van der Waals surface area (Å²) < 4.78 is 31.3. The van der Waals surface area contributed by atoms with Gasteiger partial charge in [-0.25, -0.2) is 0 Å². The van der Waals surface area contributed by atoms with Gasteiger partial charge in [0.1, 0.15) is 35.7 Å². The molecule has 3 aliphatic heterocycles. The van der Waals surface area contributed by atoms with Gasteiger partial charge in [0.05, 0.1) is 13.3 Å². The summed E-state index contributed by atoms with van der Waals surface area (Å²) in [6.07, 6.45) is 0.409. The van der Waals surface area contributed by atoms with Crippen LogP contribution in [-0.2, 0) is 0 Å². The first kappa shape index (κ1) is 22.9. The minimum atomic E-state index is -0.342. The number of likely N-dealkylation sites (tertiary alicyclic amines) is 1. The zero-order valence-corrected chi connectivity index (χ0v) is 20.4. The van der Waals surface area contributed by atoms with Crippen molar-refractivity contribution in [1.29, 1.82) is 0 Å². The van der Waals surface area contributed by atoms with Crippen LogP contribution in [0.4, 0.5) is 4.39 Å². The molecule has 1 atom stereocenters. The lowest BCUT2D eigenvalue weighted by atomic mass is 9.84. The molecule has 1 unspecified atom stereocenters. The van der Waals surface area contributed by atoms with E-state index in [1.165, 1.54) is 5.57 Å². The number of hydrogen-bond acceptors (Lipinski definition) is 5. The van der Waals surface area contributed by atoms with Crippen molar-refractivity contribution in [2.75, 3.05) is 39.5 Å². The highest BCUT2D eigenvalue weighted by atomic mass is 19.1. The SMILES string of the molecule is Cc1ccc2c(c1)OCCC1=C2C(c2ccc(OCCN3CC(CF)C3)cc2)Oc2cc(O)ccc21. The van der Waals surface area contributed by atoms with E-state index in [-0.39, 0.29) is 24.4 Å². The molecule has 0 saturated carbocycles. The quantitative estimate of drug-likeness (QED) is 0.476. The van der Waals surface area contributed by atoms with Crippen LogP contribution in [0.2, 0.25) is 0 Å². The van der Waals surface area contributed by atoms with E-state index in [0.29, 0.717) is 19.0 Å². The zero-order valence-electron chi connectivity index (χ0n) is 20.4. The first-order valence-corrected chi connectivity index (χ1v) is 12.6. The van der Waals surface area contributed by atoms with Gasteiger partial charge < -0.3 is 19.3 Å². The fourth-order valence-corrected chi connectivity index (χ4v) is 5.38. The molecule has 3 aromatic rings. The van der Waals surface area contributed by atoms with Crippen LogP contribution in [0.5, 0.6) is 23.0 Å². The highest BCUT2D eigenvalue weighted by Crippen LogP contribution is 2.51. The molecule has 0 bridgehead atoms. The second-order valence-electron chi connectivity index (χ2n) is 9.87. The monoisotopic (exact) mass is 487 g/mol. The summed E-state index contributed by atoms with van der Waals surface area (Å²) in [7, 11) is 0. The molecular weight excluding hydrogens is 457 g/mol. The maximum atomic E-state index is 12.6. The molecule has 36 heavy (non-hydrogen) atoms. The molecule has 0 spiro atoms. The molecule has 6 heteroatoms. The third-order valence-corrected chi connectivity index (χ3v) is 7.27. The number of nitrogens with zero attached hydrogens (tertiary/aromatic N) is 1. The van der Waals surface area contributed by atoms with Gasteiger partial charge in [0.15, 0.2) is 0 Å². The van der Waals surface area contributed by atoms with Crippen molar-refractivity contribution in [3.8, 4) is 23.0 Å². The van der Waals surface area contributed by atoms with E-state index in [9.17, 15) is 9.50 Å². The molecule has 3 aromatic carbocycles. The van der Waals surface area contributed by atoms with Crippen molar-refractivity contribution >= 4 is 11.1 Å². The van der Waals surface area contributed by atoms with Crippen molar-refractivity contribution in [2.45, 2.75) is 19.4 Å². The average molecular weight is 488 g/mol. The number of ether oxygens (including phenoxy) is 3. The van der Waals surface area contributed by atoms with Gasteiger partial charge in [-0.05, 0) is 54.0 Å². The number of aromatic hydroxyl groups is 1. The number of rotatable bonds is 6. The zero-order chi connectivity index (χ0) is 24.6. The fraction of sp³-hybridized carbons (Fsp3) is 0.333. The normalized spacial score (nSPS) is 19.2. The van der Waals surface area contributed by atoms with Crippen LogP contribution in [-0.4, -0.2) is 49.5 Å². The van der Waals surface area contributed by atoms with Crippen LogP contribution in [0.25, 0.3) is 11.1 Å². The van der Waals surface area contributed by atoms with E-state index < -0.39 is 0 Å². The molecule has 186 valence electrons. The molecule has 5 nitrogen and oxygen atoms in total. The number of halogens is 1. The third-order valence-electron chi connectivity index (χ3n) is 7.27. The first-order chi connectivity index (χ1) is 17.6. The van der Waals surface area contributed by atoms with E-state index >= 15 is 0 Å². The van der Waals surface area contributed by atoms with E-state index in [4.69, 9.17) is 14.2 Å². The van der Waals surface area contributed by atoms with Gasteiger partial charge in [0.25, 0.3) is 0 Å². The summed E-state index contributed by atoms with van der Waals surface area (Å²) in [6, 6.07) is 19.7. The highest BCUT2D eigenvalue weighted by molar-refractivity contribution is 5.98. The maximum absolute atomic E-state index is 12.6. The second kappa shape index (κ2) is 9.51. The average Bonchev–Trinajstić information content (AvgIpc) is 3.04. The fourth-order valence-electron chi connectivity index (χ4n) is 5.38. The summed E-state index contributed by atoms with van der Waals surface area (Å²) in [6.45, 7) is 5.42. The minimum absolute atomic E-state index is 0.182. The van der Waals surface area contributed by atoms with E-state index in [0.717, 1.165) is 65.4 Å². The molecule has 1 saturated heterocycles. The van der Waals surface area contributed by atoms with E-state index in [1.807, 2.05) is 30.3 Å². The largest absolute Gasteiger partial charge is 0.508 e. The van der Waals surface area contributed by atoms with Gasteiger partial charge in [0.2, 0.25) is 0 Å². The van der Waals surface area contributed by atoms with Crippen LogP contribution >= 0.6 is 0 Å². The minimum Gasteiger partial charge on any atom is -0.508 e. The van der Waals surface area contributed by atoms with Gasteiger partial charge in [-0.3, -0.25) is 9.29 Å². The Kier molecular flexibility index (Phi) is 6.05. The topological polar surface area (TPSA) is 51.2 Å². The van der Waals surface area contributed by atoms with Crippen molar-refractivity contribution in [2.24, 2.45) is 5.92 Å². The summed E-state index contributed by atoms with van der Waals surface area (Å²) >= 11 is 0. The molecule has 0 amide bonds. The first-order valence-electron chi connectivity index (χ1n) is 12.6. The van der Waals surface area contributed by atoms with Crippen LogP contribution in [0.15, 0.2) is 60.7 Å². The number of hydrogen-bond donors (Lipinski definition) is 1. The van der Waals surface area contributed by atoms with Crippen molar-refractivity contribution in [3.05, 3.63) is 82.9 Å². The lowest BCUT2D eigenvalue weighted by molar-refractivity contribution is 0.0668. The number of fused-ring (bicyclic) bond motifs is 4. The molecule has 0 aromatic heterocycles. The molecule has 0 radical (unpaired) electrons. The number of phenols is 1. The molecule has 0 aliphatic carbocycles. The Morgan fingerprint density at radius 3 is 2.61 bits per heavy atom. The van der Waals surface area contributed by atoms with E-state index in [1.54, 1.807) is 12.1 Å². The second-order valence-corrected chi connectivity index (χ2v) is 9.87. The molecule has 3 heterocycles. The Balaban J connectivity index is 1.29. The predicted molar refractivity (Wildman–Crippen MR) is 137 cm³/mol.